The van der Waals surface area contributed by atoms with E-state index in [1.165, 1.54) is 11.8 Å². The molecule has 0 aromatic heterocycles. The highest BCUT2D eigenvalue weighted by Crippen LogP contribution is 2.03. The van der Waals surface area contributed by atoms with Gasteiger partial charge in [0.15, 0.2) is 0 Å². The van der Waals surface area contributed by atoms with Gasteiger partial charge in [-0.3, -0.25) is 0 Å². The number of nitrogens with one attached hydrogen (secondary N) is 1. The van der Waals surface area contributed by atoms with E-state index in [0.717, 1.165) is 16.7 Å². The van der Waals surface area contributed by atoms with E-state index in [1.54, 1.807) is 0 Å². The Balaban J connectivity index is 2.20. The second-order valence-corrected chi connectivity index (χ2v) is 3.88. The molecule has 0 saturated heterocycles. The first-order valence-electron chi connectivity index (χ1n) is 5.47. The van der Waals surface area contributed by atoms with Gasteiger partial charge in [-0.1, -0.05) is 41.7 Å². The Kier molecular flexibility index (Phi) is 3.37. The highest BCUT2D eigenvalue weighted by atomic mass is 14.3. The minimum absolute atomic E-state index is 0.894. The Labute approximate surface area is 102 Å². The van der Waals surface area contributed by atoms with E-state index in [4.69, 9.17) is 5.41 Å². The van der Waals surface area contributed by atoms with E-state index >= 15 is 0 Å². The van der Waals surface area contributed by atoms with Crippen LogP contribution in [0.15, 0.2) is 48.5 Å². The van der Waals surface area contributed by atoms with Gasteiger partial charge in [0.25, 0.3) is 0 Å². The van der Waals surface area contributed by atoms with Crippen molar-refractivity contribution in [3.05, 3.63) is 70.8 Å². The summed E-state index contributed by atoms with van der Waals surface area (Å²) in [4.78, 5) is 0. The Bertz CT molecular complexity index is 566. The third-order valence-corrected chi connectivity index (χ3v) is 2.48. The maximum Gasteiger partial charge on any atom is 0.0250 e. The van der Waals surface area contributed by atoms with Gasteiger partial charge in [0.1, 0.15) is 0 Å². The van der Waals surface area contributed by atoms with Crippen LogP contribution in [0, 0.1) is 24.2 Å². The molecule has 0 saturated carbocycles. The fourth-order valence-corrected chi connectivity index (χ4v) is 1.44. The fourth-order valence-electron chi connectivity index (χ4n) is 1.44. The van der Waals surface area contributed by atoms with Crippen molar-refractivity contribution in [1.29, 1.82) is 5.41 Å². The predicted molar refractivity (Wildman–Crippen MR) is 71.5 cm³/mol. The minimum Gasteiger partial charge on any atom is -0.308 e. The molecule has 0 radical (unpaired) electrons. The van der Waals surface area contributed by atoms with Crippen molar-refractivity contribution in [2.45, 2.75) is 6.92 Å². The van der Waals surface area contributed by atoms with E-state index in [9.17, 15) is 0 Å². The molecule has 1 nitrogen and oxygen atoms in total. The summed E-state index contributed by atoms with van der Waals surface area (Å²) < 4.78 is 0. The summed E-state index contributed by atoms with van der Waals surface area (Å²) in [6.45, 7) is 2.06. The summed E-state index contributed by atoms with van der Waals surface area (Å²) in [7, 11) is 0. The van der Waals surface area contributed by atoms with Crippen LogP contribution in [0.5, 0.6) is 0 Å². The third kappa shape index (κ3) is 3.06. The maximum absolute atomic E-state index is 7.11. The zero-order valence-corrected chi connectivity index (χ0v) is 9.70. The molecule has 0 heterocycles. The van der Waals surface area contributed by atoms with Crippen molar-refractivity contribution in [3.63, 3.8) is 0 Å². The van der Waals surface area contributed by atoms with Gasteiger partial charge >= 0.3 is 0 Å². The molecule has 0 bridgehead atoms. The van der Waals surface area contributed by atoms with E-state index in [0.29, 0.717) is 0 Å². The maximum atomic E-state index is 7.11. The fraction of sp³-hybridized carbons (Fsp3) is 0.0625. The van der Waals surface area contributed by atoms with Crippen molar-refractivity contribution in [1.82, 2.24) is 0 Å². The average Bonchev–Trinajstić information content (AvgIpc) is 2.39. The Morgan fingerprint density at radius 3 is 1.76 bits per heavy atom. The van der Waals surface area contributed by atoms with Gasteiger partial charge in [-0.05, 0) is 36.8 Å². The predicted octanol–water partition coefficient (Wildman–Crippen LogP) is 3.39. The Morgan fingerprint density at radius 2 is 1.29 bits per heavy atom. The highest BCUT2D eigenvalue weighted by Gasteiger charge is 1.89. The first-order valence-corrected chi connectivity index (χ1v) is 5.47. The summed E-state index contributed by atoms with van der Waals surface area (Å²) >= 11 is 0. The largest absolute Gasteiger partial charge is 0.308 e. The molecule has 1 heteroatoms. The highest BCUT2D eigenvalue weighted by molar-refractivity contribution is 5.77. The molecule has 0 aliphatic carbocycles. The van der Waals surface area contributed by atoms with Gasteiger partial charge in [0.2, 0.25) is 0 Å². The quantitative estimate of drug-likeness (QED) is 0.561. The summed E-state index contributed by atoms with van der Waals surface area (Å²) in [5.41, 5.74) is 4.12. The number of hydrogen-bond acceptors (Lipinski definition) is 1. The summed E-state index contributed by atoms with van der Waals surface area (Å²) in [6, 6.07) is 15.8. The van der Waals surface area contributed by atoms with Crippen LogP contribution in [0.4, 0.5) is 0 Å². The van der Waals surface area contributed by atoms with Crippen molar-refractivity contribution >= 4 is 6.21 Å². The van der Waals surface area contributed by atoms with Crippen LogP contribution in [-0.4, -0.2) is 6.21 Å². The molecule has 17 heavy (non-hydrogen) atoms. The van der Waals surface area contributed by atoms with Crippen molar-refractivity contribution in [2.24, 2.45) is 0 Å². The SMILES string of the molecule is Cc1ccc(C#Cc2ccc(C=N)cc2)cc1. The molecule has 0 spiro atoms. The van der Waals surface area contributed by atoms with E-state index in [2.05, 4.69) is 30.9 Å². The Hall–Kier alpha value is -2.33. The molecule has 0 aliphatic rings. The molecule has 82 valence electrons. The van der Waals surface area contributed by atoms with Crippen LogP contribution in [0.2, 0.25) is 0 Å². The number of rotatable bonds is 1. The second kappa shape index (κ2) is 5.14. The van der Waals surface area contributed by atoms with E-state index in [-0.39, 0.29) is 0 Å². The molecule has 0 aliphatic heterocycles. The van der Waals surface area contributed by atoms with Crippen molar-refractivity contribution in [2.75, 3.05) is 0 Å². The first-order chi connectivity index (χ1) is 8.28. The third-order valence-electron chi connectivity index (χ3n) is 2.48. The van der Waals surface area contributed by atoms with Crippen LogP contribution in [0.25, 0.3) is 0 Å². The molecule has 1 N–H and O–H groups in total. The van der Waals surface area contributed by atoms with Gasteiger partial charge < -0.3 is 5.41 Å². The molecule has 0 unspecified atom stereocenters. The lowest BCUT2D eigenvalue weighted by atomic mass is 10.1. The average molecular weight is 219 g/mol. The summed E-state index contributed by atoms with van der Waals surface area (Å²) in [6.07, 6.45) is 1.33. The zero-order chi connectivity index (χ0) is 12.1. The second-order valence-electron chi connectivity index (χ2n) is 3.88. The van der Waals surface area contributed by atoms with Crippen LogP contribution in [-0.2, 0) is 0 Å². The lowest BCUT2D eigenvalue weighted by molar-refractivity contribution is 1.46. The minimum atomic E-state index is 0.894. The zero-order valence-electron chi connectivity index (χ0n) is 9.70. The summed E-state index contributed by atoms with van der Waals surface area (Å²) in [5, 5.41) is 7.11. The molecule has 0 atom stereocenters. The van der Waals surface area contributed by atoms with Gasteiger partial charge in [-0.2, -0.15) is 0 Å². The monoisotopic (exact) mass is 219 g/mol. The van der Waals surface area contributed by atoms with E-state index < -0.39 is 0 Å². The number of aryl methyl sites for hydroxylation is 1. The first kappa shape index (κ1) is 11.2. The van der Waals surface area contributed by atoms with Gasteiger partial charge in [-0.15, -0.1) is 0 Å². The lowest BCUT2D eigenvalue weighted by Gasteiger charge is -1.93. The van der Waals surface area contributed by atoms with Crippen LogP contribution < -0.4 is 0 Å². The smallest absolute Gasteiger partial charge is 0.0250 e. The summed E-state index contributed by atoms with van der Waals surface area (Å²) in [5.74, 6) is 6.23. The molecule has 2 aromatic carbocycles. The molecular formula is C16H13N. The van der Waals surface area contributed by atoms with Crippen LogP contribution in [0.1, 0.15) is 22.3 Å². The topological polar surface area (TPSA) is 23.9 Å². The van der Waals surface area contributed by atoms with Crippen LogP contribution in [0.3, 0.4) is 0 Å². The standard InChI is InChI=1S/C16H13N/c1-13-2-4-14(5-3-13)6-7-15-8-10-16(12-17)11-9-15/h2-5,8-12,17H,1H3. The number of benzene rings is 2. The molecule has 0 fully saturated rings. The normalized spacial score (nSPS) is 9.24. The molecule has 2 rings (SSSR count). The van der Waals surface area contributed by atoms with E-state index in [1.807, 2.05) is 36.4 Å². The lowest BCUT2D eigenvalue weighted by Crippen LogP contribution is -1.80. The number of hydrogen-bond donors (Lipinski definition) is 1. The molecule has 2 aromatic rings. The molecule has 0 amide bonds. The Morgan fingerprint density at radius 1 is 0.824 bits per heavy atom. The van der Waals surface area contributed by atoms with Crippen LogP contribution >= 0.6 is 0 Å². The van der Waals surface area contributed by atoms with Gasteiger partial charge in [-0.25, -0.2) is 0 Å². The van der Waals surface area contributed by atoms with Crippen molar-refractivity contribution < 1.29 is 0 Å². The van der Waals surface area contributed by atoms with Crippen molar-refractivity contribution in [3.8, 4) is 11.8 Å². The van der Waals surface area contributed by atoms with Gasteiger partial charge in [0, 0.05) is 17.3 Å². The van der Waals surface area contributed by atoms with Gasteiger partial charge in [0.05, 0.1) is 0 Å². The molecular weight excluding hydrogens is 206 g/mol.